The van der Waals surface area contributed by atoms with Crippen molar-refractivity contribution in [2.45, 2.75) is 19.8 Å². The smallest absolute Gasteiger partial charge is 0.271 e. The van der Waals surface area contributed by atoms with Crippen LogP contribution in [-0.4, -0.2) is 27.6 Å². The van der Waals surface area contributed by atoms with Gasteiger partial charge in [-0.25, -0.2) is 9.97 Å². The normalized spacial score (nSPS) is 10.4. The summed E-state index contributed by atoms with van der Waals surface area (Å²) in [5.74, 6) is 1.50. The number of nitrogens with zero attached hydrogens (tertiary/aromatic N) is 3. The van der Waals surface area contributed by atoms with E-state index in [0.29, 0.717) is 23.9 Å². The highest BCUT2D eigenvalue weighted by Crippen LogP contribution is 2.13. The van der Waals surface area contributed by atoms with Crippen LogP contribution < -0.4 is 10.6 Å². The maximum absolute atomic E-state index is 12.1. The Hall–Kier alpha value is -3.22. The Kier molecular flexibility index (Phi) is 5.36. The van der Waals surface area contributed by atoms with Crippen molar-refractivity contribution in [1.82, 2.24) is 20.4 Å². The molecule has 0 fully saturated rings. The predicted molar refractivity (Wildman–Crippen MR) is 93.7 cm³/mol. The van der Waals surface area contributed by atoms with Gasteiger partial charge in [-0.1, -0.05) is 35.5 Å². The quantitative estimate of drug-likeness (QED) is 0.644. The van der Waals surface area contributed by atoms with Crippen molar-refractivity contribution in [3.63, 3.8) is 0 Å². The van der Waals surface area contributed by atoms with Gasteiger partial charge in [0.2, 0.25) is 0 Å². The van der Waals surface area contributed by atoms with E-state index in [2.05, 4.69) is 37.9 Å². The first-order valence-electron chi connectivity index (χ1n) is 8.05. The molecule has 3 rings (SSSR count). The number of aryl methyl sites for hydroxylation is 2. The van der Waals surface area contributed by atoms with Crippen LogP contribution >= 0.6 is 0 Å². The second-order valence-electron chi connectivity index (χ2n) is 5.58. The topological polar surface area (TPSA) is 92.9 Å². The number of amides is 1. The molecule has 2 aromatic heterocycles. The van der Waals surface area contributed by atoms with Crippen molar-refractivity contribution >= 4 is 17.5 Å². The first-order valence-corrected chi connectivity index (χ1v) is 8.05. The number of benzene rings is 1. The highest BCUT2D eigenvalue weighted by Gasteiger charge is 2.08. The standard InChI is InChI=1S/C18H19N5O2/c1-13-10-16(23-25-13)22-17-12-20-15(11-21-17)18(24)19-9-5-8-14-6-3-2-4-7-14/h2-4,6-7,10-12H,5,8-9H2,1H3,(H,19,24)(H,21,22,23). The summed E-state index contributed by atoms with van der Waals surface area (Å²) < 4.78 is 4.96. The van der Waals surface area contributed by atoms with Gasteiger partial charge in [0.15, 0.2) is 5.82 Å². The van der Waals surface area contributed by atoms with Crippen molar-refractivity contribution in [1.29, 1.82) is 0 Å². The third-order valence-electron chi connectivity index (χ3n) is 3.54. The van der Waals surface area contributed by atoms with Crippen LogP contribution in [0.3, 0.4) is 0 Å². The maximum Gasteiger partial charge on any atom is 0.271 e. The molecule has 0 radical (unpaired) electrons. The van der Waals surface area contributed by atoms with E-state index in [4.69, 9.17) is 4.52 Å². The molecule has 7 nitrogen and oxygen atoms in total. The van der Waals surface area contributed by atoms with E-state index in [1.165, 1.54) is 18.0 Å². The zero-order valence-electron chi connectivity index (χ0n) is 13.9. The van der Waals surface area contributed by atoms with E-state index < -0.39 is 0 Å². The molecular weight excluding hydrogens is 318 g/mol. The first kappa shape index (κ1) is 16.6. The molecule has 7 heteroatoms. The van der Waals surface area contributed by atoms with Crippen molar-refractivity contribution in [2.75, 3.05) is 11.9 Å². The Morgan fingerprint density at radius 3 is 2.64 bits per heavy atom. The van der Waals surface area contributed by atoms with Gasteiger partial charge in [0.25, 0.3) is 5.91 Å². The van der Waals surface area contributed by atoms with E-state index in [9.17, 15) is 4.79 Å². The number of hydrogen-bond acceptors (Lipinski definition) is 6. The number of anilines is 2. The Labute approximate surface area is 145 Å². The van der Waals surface area contributed by atoms with Crippen LogP contribution in [0.15, 0.2) is 53.3 Å². The summed E-state index contributed by atoms with van der Waals surface area (Å²) in [6, 6.07) is 11.9. The molecular formula is C18H19N5O2. The molecule has 2 heterocycles. The summed E-state index contributed by atoms with van der Waals surface area (Å²) in [5, 5.41) is 9.61. The fraction of sp³-hybridized carbons (Fsp3) is 0.222. The third kappa shape index (κ3) is 4.87. The van der Waals surface area contributed by atoms with E-state index in [1.807, 2.05) is 18.2 Å². The molecule has 1 aromatic carbocycles. The number of nitrogens with one attached hydrogen (secondary N) is 2. The van der Waals surface area contributed by atoms with Gasteiger partial charge >= 0.3 is 0 Å². The molecule has 0 saturated carbocycles. The van der Waals surface area contributed by atoms with Crippen LogP contribution in [0.5, 0.6) is 0 Å². The number of carbonyl (C=O) groups is 1. The average molecular weight is 337 g/mol. The van der Waals surface area contributed by atoms with Gasteiger partial charge in [-0.15, -0.1) is 0 Å². The van der Waals surface area contributed by atoms with Gasteiger partial charge < -0.3 is 15.2 Å². The molecule has 0 aliphatic heterocycles. The number of hydrogen-bond donors (Lipinski definition) is 2. The predicted octanol–water partition coefficient (Wildman–Crippen LogP) is 2.88. The van der Waals surface area contributed by atoms with Crippen LogP contribution in [0, 0.1) is 6.92 Å². The molecule has 1 amide bonds. The van der Waals surface area contributed by atoms with Gasteiger partial charge in [0.05, 0.1) is 12.4 Å². The van der Waals surface area contributed by atoms with Crippen LogP contribution in [0.25, 0.3) is 0 Å². The van der Waals surface area contributed by atoms with E-state index >= 15 is 0 Å². The van der Waals surface area contributed by atoms with Crippen LogP contribution in [0.4, 0.5) is 11.6 Å². The SMILES string of the molecule is Cc1cc(Nc2cnc(C(=O)NCCCc3ccccc3)cn2)no1. The fourth-order valence-corrected chi connectivity index (χ4v) is 2.30. The van der Waals surface area contributed by atoms with Crippen LogP contribution in [-0.2, 0) is 6.42 Å². The largest absolute Gasteiger partial charge is 0.360 e. The summed E-state index contributed by atoms with van der Waals surface area (Å²) in [6.45, 7) is 2.39. The first-order chi connectivity index (χ1) is 12.2. The summed E-state index contributed by atoms with van der Waals surface area (Å²) in [6.07, 6.45) is 4.71. The summed E-state index contributed by atoms with van der Waals surface area (Å²) in [5.41, 5.74) is 1.54. The minimum absolute atomic E-state index is 0.232. The Morgan fingerprint density at radius 1 is 1.12 bits per heavy atom. The molecule has 25 heavy (non-hydrogen) atoms. The Balaban J connectivity index is 1.45. The summed E-state index contributed by atoms with van der Waals surface area (Å²) in [7, 11) is 0. The monoisotopic (exact) mass is 337 g/mol. The highest BCUT2D eigenvalue weighted by molar-refractivity contribution is 5.92. The minimum Gasteiger partial charge on any atom is -0.360 e. The lowest BCUT2D eigenvalue weighted by Gasteiger charge is -2.05. The van der Waals surface area contributed by atoms with Crippen molar-refractivity contribution < 1.29 is 9.32 Å². The molecule has 0 spiro atoms. The summed E-state index contributed by atoms with van der Waals surface area (Å²) >= 11 is 0. The lowest BCUT2D eigenvalue weighted by atomic mass is 10.1. The molecule has 0 bridgehead atoms. The number of carbonyl (C=O) groups excluding carboxylic acids is 1. The average Bonchev–Trinajstić information content (AvgIpc) is 3.05. The van der Waals surface area contributed by atoms with Crippen molar-refractivity contribution in [3.05, 3.63) is 65.8 Å². The Bertz CT molecular complexity index is 815. The fourth-order valence-electron chi connectivity index (χ4n) is 2.30. The van der Waals surface area contributed by atoms with Crippen LogP contribution in [0.2, 0.25) is 0 Å². The van der Waals surface area contributed by atoms with Gasteiger partial charge in [-0.3, -0.25) is 4.79 Å². The molecule has 3 aromatic rings. The van der Waals surface area contributed by atoms with Crippen molar-refractivity contribution in [3.8, 4) is 0 Å². The lowest BCUT2D eigenvalue weighted by molar-refractivity contribution is 0.0948. The van der Waals surface area contributed by atoms with Crippen molar-refractivity contribution in [2.24, 2.45) is 0 Å². The van der Waals surface area contributed by atoms with E-state index in [1.54, 1.807) is 13.0 Å². The zero-order valence-corrected chi connectivity index (χ0v) is 13.9. The summed E-state index contributed by atoms with van der Waals surface area (Å²) in [4.78, 5) is 20.4. The van der Waals surface area contributed by atoms with Gasteiger partial charge in [0.1, 0.15) is 17.3 Å². The minimum atomic E-state index is -0.232. The second kappa shape index (κ2) is 8.05. The molecule has 0 atom stereocenters. The highest BCUT2D eigenvalue weighted by atomic mass is 16.5. The molecule has 0 aliphatic rings. The molecule has 128 valence electrons. The van der Waals surface area contributed by atoms with Gasteiger partial charge in [0, 0.05) is 12.6 Å². The van der Waals surface area contributed by atoms with E-state index in [-0.39, 0.29) is 11.6 Å². The number of aromatic nitrogens is 3. The second-order valence-corrected chi connectivity index (χ2v) is 5.58. The van der Waals surface area contributed by atoms with Gasteiger partial charge in [-0.2, -0.15) is 0 Å². The van der Waals surface area contributed by atoms with Crippen LogP contribution in [0.1, 0.15) is 28.2 Å². The Morgan fingerprint density at radius 2 is 1.96 bits per heavy atom. The third-order valence-corrected chi connectivity index (χ3v) is 3.54. The zero-order chi connectivity index (χ0) is 17.5. The lowest BCUT2D eigenvalue weighted by Crippen LogP contribution is -2.25. The molecule has 0 unspecified atom stereocenters. The maximum atomic E-state index is 12.1. The van der Waals surface area contributed by atoms with Gasteiger partial charge in [-0.05, 0) is 25.3 Å². The number of rotatable bonds is 7. The molecule has 0 saturated heterocycles. The molecule has 2 N–H and O–H groups in total. The van der Waals surface area contributed by atoms with E-state index in [0.717, 1.165) is 12.8 Å². The molecule has 0 aliphatic carbocycles.